The number of nitrogens with zero attached hydrogens (tertiary/aromatic N) is 1. The van der Waals surface area contributed by atoms with E-state index in [0.29, 0.717) is 15.8 Å². The lowest BCUT2D eigenvalue weighted by Gasteiger charge is -2.21. The van der Waals surface area contributed by atoms with Gasteiger partial charge in [-0.25, -0.2) is 4.79 Å². The molecule has 1 atom stereocenters. The van der Waals surface area contributed by atoms with E-state index in [2.05, 4.69) is 0 Å². The van der Waals surface area contributed by atoms with E-state index >= 15 is 0 Å². The van der Waals surface area contributed by atoms with Gasteiger partial charge < -0.3 is 9.47 Å². The summed E-state index contributed by atoms with van der Waals surface area (Å²) in [5.74, 6) is -0.00981. The Hall–Kier alpha value is -2.64. The summed E-state index contributed by atoms with van der Waals surface area (Å²) in [4.78, 5) is 26.5. The minimum absolute atomic E-state index is 0.256. The van der Waals surface area contributed by atoms with Crippen LogP contribution in [0.25, 0.3) is 6.08 Å². The SMILES string of the molecule is CCOC(=O)[C@@H](C)N1C(=O)/C(=C/c2ccc(OCc3ccccc3)cc2)SC1=S. The van der Waals surface area contributed by atoms with Gasteiger partial charge in [-0.3, -0.25) is 9.69 Å². The third-order valence-electron chi connectivity index (χ3n) is 4.26. The molecule has 0 aliphatic carbocycles. The summed E-state index contributed by atoms with van der Waals surface area (Å²) < 4.78 is 11.1. The van der Waals surface area contributed by atoms with E-state index in [9.17, 15) is 9.59 Å². The molecule has 1 aliphatic heterocycles. The van der Waals surface area contributed by atoms with Crippen LogP contribution in [0.15, 0.2) is 59.5 Å². The number of amides is 1. The fraction of sp³-hybridized carbons (Fsp3) is 0.227. The quantitative estimate of drug-likeness (QED) is 0.370. The van der Waals surface area contributed by atoms with Crippen molar-refractivity contribution in [1.29, 1.82) is 0 Å². The molecule has 0 N–H and O–H groups in total. The monoisotopic (exact) mass is 427 g/mol. The highest BCUT2D eigenvalue weighted by atomic mass is 32.2. The number of benzene rings is 2. The number of thioether (sulfide) groups is 1. The van der Waals surface area contributed by atoms with Crippen LogP contribution < -0.4 is 4.74 Å². The van der Waals surface area contributed by atoms with Gasteiger partial charge in [-0.1, -0.05) is 66.4 Å². The fourth-order valence-electron chi connectivity index (χ4n) is 2.73. The zero-order chi connectivity index (χ0) is 20.8. The van der Waals surface area contributed by atoms with Crippen molar-refractivity contribution < 1.29 is 19.1 Å². The molecule has 1 saturated heterocycles. The van der Waals surface area contributed by atoms with Crippen LogP contribution in [-0.4, -0.2) is 33.7 Å². The standard InChI is InChI=1S/C22H21NO4S2/c1-3-26-21(25)15(2)23-20(24)19(29-22(23)28)13-16-9-11-18(12-10-16)27-14-17-7-5-4-6-8-17/h4-13,15H,3,14H2,1-2H3/b19-13-/t15-/m1/s1. The highest BCUT2D eigenvalue weighted by molar-refractivity contribution is 8.26. The zero-order valence-corrected chi connectivity index (χ0v) is 17.8. The minimum Gasteiger partial charge on any atom is -0.489 e. The van der Waals surface area contributed by atoms with Crippen molar-refractivity contribution in [1.82, 2.24) is 4.90 Å². The Balaban J connectivity index is 1.66. The molecule has 29 heavy (non-hydrogen) atoms. The van der Waals surface area contributed by atoms with Crippen LogP contribution in [0.5, 0.6) is 5.75 Å². The van der Waals surface area contributed by atoms with E-state index in [1.807, 2.05) is 54.6 Å². The third-order valence-corrected chi connectivity index (χ3v) is 5.60. The number of esters is 1. The first kappa shape index (κ1) is 21.1. The first-order valence-electron chi connectivity index (χ1n) is 9.20. The summed E-state index contributed by atoms with van der Waals surface area (Å²) in [6.07, 6.45) is 1.76. The summed E-state index contributed by atoms with van der Waals surface area (Å²) in [5, 5.41) is 0. The van der Waals surface area contributed by atoms with Gasteiger partial charge in [0.05, 0.1) is 11.5 Å². The second-order valence-corrected chi connectivity index (χ2v) is 8.00. The van der Waals surface area contributed by atoms with E-state index in [1.54, 1.807) is 19.9 Å². The lowest BCUT2D eigenvalue weighted by molar-refractivity contribution is -0.149. The number of rotatable bonds is 7. The fourth-order valence-corrected chi connectivity index (χ4v) is 4.15. The van der Waals surface area contributed by atoms with E-state index in [-0.39, 0.29) is 12.5 Å². The molecule has 2 aromatic carbocycles. The number of hydrogen-bond donors (Lipinski definition) is 0. The Bertz CT molecular complexity index is 926. The summed E-state index contributed by atoms with van der Waals surface area (Å²) >= 11 is 6.47. The van der Waals surface area contributed by atoms with Crippen molar-refractivity contribution in [3.8, 4) is 5.75 Å². The van der Waals surface area contributed by atoms with Crippen molar-refractivity contribution in [3.05, 3.63) is 70.6 Å². The molecule has 2 aromatic rings. The summed E-state index contributed by atoms with van der Waals surface area (Å²) in [5.41, 5.74) is 1.94. The van der Waals surface area contributed by atoms with Crippen molar-refractivity contribution >= 4 is 46.3 Å². The Morgan fingerprint density at radius 3 is 2.52 bits per heavy atom. The van der Waals surface area contributed by atoms with Gasteiger partial charge in [0.15, 0.2) is 0 Å². The molecule has 0 spiro atoms. The second kappa shape index (κ2) is 9.71. The smallest absolute Gasteiger partial charge is 0.329 e. The van der Waals surface area contributed by atoms with Crippen molar-refractivity contribution in [2.45, 2.75) is 26.5 Å². The molecule has 0 bridgehead atoms. The first-order valence-corrected chi connectivity index (χ1v) is 10.4. The highest BCUT2D eigenvalue weighted by Crippen LogP contribution is 2.34. The highest BCUT2D eigenvalue weighted by Gasteiger charge is 2.38. The van der Waals surface area contributed by atoms with E-state index < -0.39 is 12.0 Å². The predicted molar refractivity (Wildman–Crippen MR) is 118 cm³/mol. The van der Waals surface area contributed by atoms with Crippen LogP contribution in [0.3, 0.4) is 0 Å². The predicted octanol–water partition coefficient (Wildman–Crippen LogP) is 4.42. The Morgan fingerprint density at radius 2 is 1.86 bits per heavy atom. The Kier molecular flexibility index (Phi) is 7.06. The van der Waals surface area contributed by atoms with Crippen molar-refractivity contribution in [3.63, 3.8) is 0 Å². The average Bonchev–Trinajstić information content (AvgIpc) is 3.01. The molecule has 150 valence electrons. The van der Waals surface area contributed by atoms with Gasteiger partial charge in [-0.2, -0.15) is 0 Å². The van der Waals surface area contributed by atoms with Gasteiger partial charge in [-0.15, -0.1) is 0 Å². The number of hydrogen-bond acceptors (Lipinski definition) is 6. The molecular formula is C22H21NO4S2. The van der Waals surface area contributed by atoms with Crippen LogP contribution in [-0.2, 0) is 20.9 Å². The topological polar surface area (TPSA) is 55.8 Å². The second-order valence-electron chi connectivity index (χ2n) is 6.32. The Morgan fingerprint density at radius 1 is 1.17 bits per heavy atom. The van der Waals surface area contributed by atoms with Crippen molar-refractivity contribution in [2.24, 2.45) is 0 Å². The maximum Gasteiger partial charge on any atom is 0.329 e. The van der Waals surface area contributed by atoms with Gasteiger partial charge in [-0.05, 0) is 43.2 Å². The molecule has 1 fully saturated rings. The van der Waals surface area contributed by atoms with Crippen LogP contribution in [0, 0.1) is 0 Å². The summed E-state index contributed by atoms with van der Waals surface area (Å²) in [6, 6.07) is 16.6. The summed E-state index contributed by atoms with van der Waals surface area (Å²) in [7, 11) is 0. The molecule has 1 amide bonds. The Labute approximate surface area is 179 Å². The number of carbonyl (C=O) groups excluding carboxylic acids is 2. The molecule has 1 heterocycles. The lowest BCUT2D eigenvalue weighted by atomic mass is 10.2. The van der Waals surface area contributed by atoms with E-state index in [4.69, 9.17) is 21.7 Å². The van der Waals surface area contributed by atoms with Crippen LogP contribution in [0.1, 0.15) is 25.0 Å². The van der Waals surface area contributed by atoms with Gasteiger partial charge in [0.1, 0.15) is 22.7 Å². The average molecular weight is 428 g/mol. The van der Waals surface area contributed by atoms with Crippen LogP contribution in [0.4, 0.5) is 0 Å². The van der Waals surface area contributed by atoms with Gasteiger partial charge in [0, 0.05) is 0 Å². The third kappa shape index (κ3) is 5.25. The molecule has 0 aromatic heterocycles. The van der Waals surface area contributed by atoms with E-state index in [0.717, 1.165) is 16.9 Å². The molecule has 0 saturated carbocycles. The van der Waals surface area contributed by atoms with Gasteiger partial charge >= 0.3 is 5.97 Å². The van der Waals surface area contributed by atoms with Gasteiger partial charge in [0.2, 0.25) is 0 Å². The lowest BCUT2D eigenvalue weighted by Crippen LogP contribution is -2.42. The molecular weight excluding hydrogens is 406 g/mol. The molecule has 0 radical (unpaired) electrons. The zero-order valence-electron chi connectivity index (χ0n) is 16.2. The maximum absolute atomic E-state index is 12.7. The molecule has 5 nitrogen and oxygen atoms in total. The van der Waals surface area contributed by atoms with Gasteiger partial charge in [0.25, 0.3) is 5.91 Å². The number of ether oxygens (including phenoxy) is 2. The normalized spacial score (nSPS) is 16.2. The molecule has 7 heteroatoms. The number of carbonyl (C=O) groups is 2. The largest absolute Gasteiger partial charge is 0.489 e. The van der Waals surface area contributed by atoms with E-state index in [1.165, 1.54) is 16.7 Å². The maximum atomic E-state index is 12.7. The number of thiocarbonyl (C=S) groups is 1. The molecule has 1 aliphatic rings. The first-order chi connectivity index (χ1) is 14.0. The molecule has 3 rings (SSSR count). The van der Waals surface area contributed by atoms with Crippen molar-refractivity contribution in [2.75, 3.05) is 6.61 Å². The van der Waals surface area contributed by atoms with Crippen LogP contribution in [0.2, 0.25) is 0 Å². The minimum atomic E-state index is -0.748. The summed E-state index contributed by atoms with van der Waals surface area (Å²) in [6.45, 7) is 4.09. The van der Waals surface area contributed by atoms with Crippen LogP contribution >= 0.6 is 24.0 Å². The molecule has 0 unspecified atom stereocenters.